The summed E-state index contributed by atoms with van der Waals surface area (Å²) >= 11 is 0. The van der Waals surface area contributed by atoms with Crippen LogP contribution < -0.4 is 10.1 Å². The SMILES string of the molecule is COc1ccccc1C(C)NC#N. The Morgan fingerprint density at radius 3 is 2.77 bits per heavy atom. The van der Waals surface area contributed by atoms with Crippen molar-refractivity contribution < 1.29 is 4.74 Å². The van der Waals surface area contributed by atoms with Crippen LogP contribution in [0.4, 0.5) is 0 Å². The van der Waals surface area contributed by atoms with Crippen molar-refractivity contribution in [3.05, 3.63) is 29.8 Å². The van der Waals surface area contributed by atoms with E-state index < -0.39 is 0 Å². The molecule has 1 unspecified atom stereocenters. The summed E-state index contributed by atoms with van der Waals surface area (Å²) in [5.41, 5.74) is 0.992. The monoisotopic (exact) mass is 176 g/mol. The van der Waals surface area contributed by atoms with Crippen molar-refractivity contribution >= 4 is 0 Å². The summed E-state index contributed by atoms with van der Waals surface area (Å²) in [6, 6.07) is 7.63. The molecule has 68 valence electrons. The summed E-state index contributed by atoms with van der Waals surface area (Å²) in [5, 5.41) is 11.1. The summed E-state index contributed by atoms with van der Waals surface area (Å²) in [4.78, 5) is 0. The number of rotatable bonds is 3. The second kappa shape index (κ2) is 4.36. The molecule has 1 atom stereocenters. The maximum absolute atomic E-state index is 8.46. The Bertz CT molecular complexity index is 317. The lowest BCUT2D eigenvalue weighted by molar-refractivity contribution is 0.405. The summed E-state index contributed by atoms with van der Waals surface area (Å²) in [5.74, 6) is 0.803. The van der Waals surface area contributed by atoms with Gasteiger partial charge in [0.1, 0.15) is 5.75 Å². The highest BCUT2D eigenvalue weighted by Crippen LogP contribution is 2.23. The number of methoxy groups -OCH3 is 1. The molecule has 0 spiro atoms. The van der Waals surface area contributed by atoms with Gasteiger partial charge in [0.2, 0.25) is 0 Å². The topological polar surface area (TPSA) is 45.0 Å². The fraction of sp³-hybridized carbons (Fsp3) is 0.300. The number of nitrogens with one attached hydrogen (secondary N) is 1. The summed E-state index contributed by atoms with van der Waals surface area (Å²) in [6.45, 7) is 1.92. The predicted octanol–water partition coefficient (Wildman–Crippen LogP) is 1.83. The van der Waals surface area contributed by atoms with E-state index in [-0.39, 0.29) is 6.04 Å². The Balaban J connectivity index is 2.93. The zero-order valence-electron chi connectivity index (χ0n) is 7.74. The molecule has 3 heteroatoms. The average molecular weight is 176 g/mol. The molecular weight excluding hydrogens is 164 g/mol. The van der Waals surface area contributed by atoms with Crippen molar-refractivity contribution in [2.45, 2.75) is 13.0 Å². The highest BCUT2D eigenvalue weighted by atomic mass is 16.5. The van der Waals surface area contributed by atoms with Crippen LogP contribution in [0.3, 0.4) is 0 Å². The van der Waals surface area contributed by atoms with Gasteiger partial charge in [0.05, 0.1) is 13.2 Å². The lowest BCUT2D eigenvalue weighted by Crippen LogP contribution is -2.12. The maximum atomic E-state index is 8.46. The molecule has 3 nitrogen and oxygen atoms in total. The van der Waals surface area contributed by atoms with E-state index in [1.165, 1.54) is 0 Å². The Labute approximate surface area is 77.9 Å². The lowest BCUT2D eigenvalue weighted by Gasteiger charge is -2.13. The minimum Gasteiger partial charge on any atom is -0.496 e. The first-order valence-electron chi connectivity index (χ1n) is 4.07. The van der Waals surface area contributed by atoms with Crippen molar-refractivity contribution in [2.24, 2.45) is 0 Å². The molecule has 0 aliphatic carbocycles. The fourth-order valence-corrected chi connectivity index (χ4v) is 1.20. The van der Waals surface area contributed by atoms with Crippen LogP contribution in [0.15, 0.2) is 24.3 Å². The predicted molar refractivity (Wildman–Crippen MR) is 50.2 cm³/mol. The van der Waals surface area contributed by atoms with Crippen molar-refractivity contribution in [1.29, 1.82) is 5.26 Å². The summed E-state index contributed by atoms with van der Waals surface area (Å²) in [7, 11) is 1.62. The average Bonchev–Trinajstić information content (AvgIpc) is 2.18. The largest absolute Gasteiger partial charge is 0.496 e. The number of benzene rings is 1. The first-order chi connectivity index (χ1) is 6.29. The first kappa shape index (κ1) is 9.40. The smallest absolute Gasteiger partial charge is 0.177 e. The normalized spacial score (nSPS) is 11.5. The number of hydrogen-bond acceptors (Lipinski definition) is 3. The highest BCUT2D eigenvalue weighted by molar-refractivity contribution is 5.35. The van der Waals surface area contributed by atoms with Gasteiger partial charge in [-0.1, -0.05) is 18.2 Å². The third-order valence-corrected chi connectivity index (χ3v) is 1.89. The fourth-order valence-electron chi connectivity index (χ4n) is 1.20. The van der Waals surface area contributed by atoms with Gasteiger partial charge in [0.25, 0.3) is 0 Å². The molecule has 1 rings (SSSR count). The first-order valence-corrected chi connectivity index (χ1v) is 4.07. The molecule has 1 aromatic rings. The van der Waals surface area contributed by atoms with Gasteiger partial charge in [-0.25, -0.2) is 0 Å². The van der Waals surface area contributed by atoms with E-state index in [0.29, 0.717) is 0 Å². The third-order valence-electron chi connectivity index (χ3n) is 1.89. The van der Waals surface area contributed by atoms with E-state index in [1.807, 2.05) is 37.4 Å². The van der Waals surface area contributed by atoms with Crippen LogP contribution in [-0.4, -0.2) is 7.11 Å². The Kier molecular flexibility index (Phi) is 3.15. The maximum Gasteiger partial charge on any atom is 0.177 e. The molecule has 13 heavy (non-hydrogen) atoms. The van der Waals surface area contributed by atoms with Gasteiger partial charge in [-0.05, 0) is 13.0 Å². The van der Waals surface area contributed by atoms with Crippen molar-refractivity contribution in [2.75, 3.05) is 7.11 Å². The van der Waals surface area contributed by atoms with Crippen LogP contribution in [0, 0.1) is 11.5 Å². The Morgan fingerprint density at radius 2 is 2.15 bits per heavy atom. The highest BCUT2D eigenvalue weighted by Gasteiger charge is 2.08. The van der Waals surface area contributed by atoms with E-state index >= 15 is 0 Å². The Hall–Kier alpha value is -1.69. The lowest BCUT2D eigenvalue weighted by atomic mass is 10.1. The summed E-state index contributed by atoms with van der Waals surface area (Å²) in [6.07, 6.45) is 1.91. The molecule has 0 aliphatic heterocycles. The van der Waals surface area contributed by atoms with Gasteiger partial charge in [0.15, 0.2) is 6.19 Å². The van der Waals surface area contributed by atoms with E-state index in [1.54, 1.807) is 7.11 Å². The van der Waals surface area contributed by atoms with Crippen LogP contribution in [0.5, 0.6) is 5.75 Å². The quantitative estimate of drug-likeness (QED) is 0.564. The second-order valence-electron chi connectivity index (χ2n) is 2.72. The van der Waals surface area contributed by atoms with Crippen molar-refractivity contribution in [3.63, 3.8) is 0 Å². The van der Waals surface area contributed by atoms with Crippen molar-refractivity contribution in [3.8, 4) is 11.9 Å². The third kappa shape index (κ3) is 2.12. The van der Waals surface area contributed by atoms with Gasteiger partial charge in [-0.15, -0.1) is 0 Å². The van der Waals surface area contributed by atoms with Crippen LogP contribution in [-0.2, 0) is 0 Å². The van der Waals surface area contributed by atoms with Crippen molar-refractivity contribution in [1.82, 2.24) is 5.32 Å². The molecule has 0 bridgehead atoms. The molecule has 0 amide bonds. The molecule has 0 saturated carbocycles. The van der Waals surface area contributed by atoms with Gasteiger partial charge >= 0.3 is 0 Å². The van der Waals surface area contributed by atoms with Gasteiger partial charge in [0, 0.05) is 5.56 Å². The van der Waals surface area contributed by atoms with Gasteiger partial charge in [-0.2, -0.15) is 5.26 Å². The van der Waals surface area contributed by atoms with Gasteiger partial charge in [-0.3, -0.25) is 0 Å². The number of ether oxygens (including phenoxy) is 1. The van der Waals surface area contributed by atoms with Crippen LogP contribution in [0.2, 0.25) is 0 Å². The second-order valence-corrected chi connectivity index (χ2v) is 2.72. The Morgan fingerprint density at radius 1 is 1.46 bits per heavy atom. The molecular formula is C10H12N2O. The summed E-state index contributed by atoms with van der Waals surface area (Å²) < 4.78 is 5.16. The van der Waals surface area contributed by atoms with Crippen LogP contribution >= 0.6 is 0 Å². The molecule has 0 aromatic heterocycles. The molecule has 0 fully saturated rings. The molecule has 0 radical (unpaired) electrons. The van der Waals surface area contributed by atoms with Crippen LogP contribution in [0.25, 0.3) is 0 Å². The zero-order chi connectivity index (χ0) is 9.68. The van der Waals surface area contributed by atoms with E-state index in [4.69, 9.17) is 10.00 Å². The minimum absolute atomic E-state index is 0.0128. The molecule has 1 N–H and O–H groups in total. The number of nitrogens with zero attached hydrogens (tertiary/aromatic N) is 1. The van der Waals surface area contributed by atoms with E-state index in [0.717, 1.165) is 11.3 Å². The number of para-hydroxylation sites is 1. The number of nitriles is 1. The molecule has 1 aromatic carbocycles. The standard InChI is InChI=1S/C10H12N2O/c1-8(12-7-11)9-5-3-4-6-10(9)13-2/h3-6,8,12H,1-2H3. The van der Waals surface area contributed by atoms with E-state index in [2.05, 4.69) is 5.32 Å². The van der Waals surface area contributed by atoms with Gasteiger partial charge < -0.3 is 10.1 Å². The minimum atomic E-state index is -0.0128. The zero-order valence-corrected chi connectivity index (χ0v) is 7.74. The molecule has 0 heterocycles. The molecule has 0 saturated heterocycles. The number of hydrogen-bond donors (Lipinski definition) is 1. The molecule has 0 aliphatic rings. The van der Waals surface area contributed by atoms with E-state index in [9.17, 15) is 0 Å². The van der Waals surface area contributed by atoms with Crippen LogP contribution in [0.1, 0.15) is 18.5 Å².